The van der Waals surface area contributed by atoms with Crippen molar-refractivity contribution in [2.24, 2.45) is 5.92 Å². The lowest BCUT2D eigenvalue weighted by Gasteiger charge is -2.06. The maximum Gasteiger partial charge on any atom is 0.193 e. The van der Waals surface area contributed by atoms with Crippen LogP contribution in [0.15, 0.2) is 36.0 Å². The molecule has 0 radical (unpaired) electrons. The molecule has 0 saturated heterocycles. The molecule has 0 aromatic carbocycles. The van der Waals surface area contributed by atoms with Gasteiger partial charge in [0.05, 0.1) is 5.57 Å². The van der Waals surface area contributed by atoms with Crippen molar-refractivity contribution in [3.8, 4) is 0 Å². The molecule has 25 heavy (non-hydrogen) atoms. The van der Waals surface area contributed by atoms with Crippen molar-refractivity contribution in [3.05, 3.63) is 36.0 Å². The molecular formula is C21H36O4. The summed E-state index contributed by atoms with van der Waals surface area (Å²) in [5.74, 6) is -0.813. The van der Waals surface area contributed by atoms with Crippen LogP contribution in [0.1, 0.15) is 84.5 Å². The van der Waals surface area contributed by atoms with Crippen LogP contribution in [0.2, 0.25) is 0 Å². The first-order valence-electron chi connectivity index (χ1n) is 9.56. The van der Waals surface area contributed by atoms with Gasteiger partial charge in [-0.05, 0) is 12.3 Å². The number of carbonyl (C=O) groups is 1. The van der Waals surface area contributed by atoms with Crippen LogP contribution >= 0.6 is 0 Å². The second-order valence-electron chi connectivity index (χ2n) is 7.02. The number of hydrogen-bond acceptors (Lipinski definition) is 4. The standard InChI is InChI=1S/C21H36O4/c1-4-18(21(25)20(24)16-22)19(23)15-13-11-9-7-5-6-8-10-12-14-17(2)3/h4,16-17,22,24-25H,1,5-15H2,2-3H3/b20-16-,21-18-. The van der Waals surface area contributed by atoms with Gasteiger partial charge in [0.2, 0.25) is 0 Å². The largest absolute Gasteiger partial charge is 0.512 e. The second-order valence-corrected chi connectivity index (χ2v) is 7.02. The molecule has 144 valence electrons. The zero-order valence-electron chi connectivity index (χ0n) is 16.0. The zero-order chi connectivity index (χ0) is 19.1. The molecule has 0 aromatic heterocycles. The number of Topliss-reactive ketones (excluding diaryl/α,β-unsaturated/α-hetero) is 1. The average Bonchev–Trinajstić information content (AvgIpc) is 2.59. The van der Waals surface area contributed by atoms with E-state index in [9.17, 15) is 15.0 Å². The van der Waals surface area contributed by atoms with Gasteiger partial charge in [-0.3, -0.25) is 4.79 Å². The number of aliphatic hydroxyl groups excluding tert-OH is 3. The highest BCUT2D eigenvalue weighted by molar-refractivity contribution is 5.98. The minimum Gasteiger partial charge on any atom is -0.512 e. The van der Waals surface area contributed by atoms with Crippen molar-refractivity contribution < 1.29 is 20.1 Å². The Morgan fingerprint density at radius 2 is 1.40 bits per heavy atom. The molecule has 0 aromatic rings. The molecule has 0 aliphatic heterocycles. The predicted octanol–water partition coefficient (Wildman–Crippen LogP) is 6.46. The fourth-order valence-corrected chi connectivity index (χ4v) is 2.75. The van der Waals surface area contributed by atoms with Crippen molar-refractivity contribution in [2.45, 2.75) is 84.5 Å². The maximum atomic E-state index is 12.0. The van der Waals surface area contributed by atoms with Crippen LogP contribution in [0.3, 0.4) is 0 Å². The quantitative estimate of drug-likeness (QED) is 0.137. The third-order valence-electron chi connectivity index (χ3n) is 4.31. The van der Waals surface area contributed by atoms with Gasteiger partial charge in [0.15, 0.2) is 17.3 Å². The Morgan fingerprint density at radius 3 is 1.84 bits per heavy atom. The molecule has 0 bridgehead atoms. The van der Waals surface area contributed by atoms with Crippen LogP contribution in [0.25, 0.3) is 0 Å². The smallest absolute Gasteiger partial charge is 0.193 e. The highest BCUT2D eigenvalue weighted by Gasteiger charge is 2.14. The third kappa shape index (κ3) is 11.5. The zero-order valence-corrected chi connectivity index (χ0v) is 16.0. The van der Waals surface area contributed by atoms with Gasteiger partial charge < -0.3 is 15.3 Å². The molecule has 0 rings (SSSR count). The van der Waals surface area contributed by atoms with E-state index in [0.29, 0.717) is 12.7 Å². The summed E-state index contributed by atoms with van der Waals surface area (Å²) in [6.07, 6.45) is 13.8. The lowest BCUT2D eigenvalue weighted by Crippen LogP contribution is -2.05. The Morgan fingerprint density at radius 1 is 0.920 bits per heavy atom. The van der Waals surface area contributed by atoms with E-state index in [1.807, 2.05) is 0 Å². The molecule has 4 heteroatoms. The van der Waals surface area contributed by atoms with Gasteiger partial charge in [-0.15, -0.1) is 0 Å². The number of ketones is 1. The molecule has 4 nitrogen and oxygen atoms in total. The molecule has 0 fully saturated rings. The summed E-state index contributed by atoms with van der Waals surface area (Å²) >= 11 is 0. The van der Waals surface area contributed by atoms with E-state index in [-0.39, 0.29) is 11.4 Å². The molecule has 0 aliphatic rings. The molecule has 0 atom stereocenters. The summed E-state index contributed by atoms with van der Waals surface area (Å²) in [7, 11) is 0. The number of aliphatic hydroxyl groups is 3. The molecule has 0 aliphatic carbocycles. The van der Waals surface area contributed by atoms with E-state index in [1.54, 1.807) is 0 Å². The van der Waals surface area contributed by atoms with Gasteiger partial charge in [0, 0.05) is 6.42 Å². The highest BCUT2D eigenvalue weighted by Crippen LogP contribution is 2.16. The minimum absolute atomic E-state index is 0.0517. The molecule has 0 unspecified atom stereocenters. The fraction of sp³-hybridized carbons (Fsp3) is 0.667. The first-order chi connectivity index (χ1) is 11.9. The Kier molecular flexibility index (Phi) is 13.6. The van der Waals surface area contributed by atoms with E-state index >= 15 is 0 Å². The number of carbonyl (C=O) groups excluding carboxylic acids is 1. The predicted molar refractivity (Wildman–Crippen MR) is 104 cm³/mol. The Hall–Kier alpha value is -1.71. The van der Waals surface area contributed by atoms with Crippen LogP contribution in [0.4, 0.5) is 0 Å². The van der Waals surface area contributed by atoms with Gasteiger partial charge in [0.1, 0.15) is 6.26 Å². The first kappa shape index (κ1) is 23.3. The molecular weight excluding hydrogens is 316 g/mol. The Labute approximate surface area is 153 Å². The average molecular weight is 353 g/mol. The van der Waals surface area contributed by atoms with Crippen LogP contribution < -0.4 is 0 Å². The van der Waals surface area contributed by atoms with Crippen molar-refractivity contribution >= 4 is 5.78 Å². The monoisotopic (exact) mass is 352 g/mol. The SMILES string of the molecule is C=C/C(C(=O)CCCCCCCCCCCC(C)C)=C(O)\C(O)=C\O. The van der Waals surface area contributed by atoms with E-state index in [1.165, 1.54) is 51.0 Å². The van der Waals surface area contributed by atoms with Crippen molar-refractivity contribution in [2.75, 3.05) is 0 Å². The lowest BCUT2D eigenvalue weighted by atomic mass is 10.0. The normalized spacial score (nSPS) is 13.0. The topological polar surface area (TPSA) is 77.8 Å². The molecule has 0 heterocycles. The summed E-state index contributed by atoms with van der Waals surface area (Å²) in [6.45, 7) is 8.01. The second kappa shape index (κ2) is 14.6. The number of rotatable bonds is 15. The van der Waals surface area contributed by atoms with Crippen LogP contribution in [0.5, 0.6) is 0 Å². The number of hydrogen-bond donors (Lipinski definition) is 3. The summed E-state index contributed by atoms with van der Waals surface area (Å²) in [5, 5.41) is 27.6. The van der Waals surface area contributed by atoms with Crippen LogP contribution in [-0.4, -0.2) is 21.1 Å². The minimum atomic E-state index is -0.725. The van der Waals surface area contributed by atoms with Gasteiger partial charge in [-0.25, -0.2) is 0 Å². The lowest BCUT2D eigenvalue weighted by molar-refractivity contribution is -0.115. The molecule has 0 spiro atoms. The number of unbranched alkanes of at least 4 members (excludes halogenated alkanes) is 8. The summed E-state index contributed by atoms with van der Waals surface area (Å²) < 4.78 is 0. The van der Waals surface area contributed by atoms with Gasteiger partial charge in [-0.1, -0.05) is 84.3 Å². The molecule has 3 N–H and O–H groups in total. The van der Waals surface area contributed by atoms with Gasteiger partial charge >= 0.3 is 0 Å². The van der Waals surface area contributed by atoms with E-state index in [4.69, 9.17) is 5.11 Å². The Bertz CT molecular complexity index is 447. The van der Waals surface area contributed by atoms with Gasteiger partial charge in [0.25, 0.3) is 0 Å². The van der Waals surface area contributed by atoms with Crippen molar-refractivity contribution in [3.63, 3.8) is 0 Å². The summed E-state index contributed by atoms with van der Waals surface area (Å²) in [4.78, 5) is 12.0. The fourth-order valence-electron chi connectivity index (χ4n) is 2.75. The van der Waals surface area contributed by atoms with Crippen LogP contribution in [0, 0.1) is 5.92 Å². The van der Waals surface area contributed by atoms with Crippen molar-refractivity contribution in [1.29, 1.82) is 0 Å². The molecule has 0 amide bonds. The van der Waals surface area contributed by atoms with Gasteiger partial charge in [-0.2, -0.15) is 0 Å². The van der Waals surface area contributed by atoms with Crippen molar-refractivity contribution in [1.82, 2.24) is 0 Å². The highest BCUT2D eigenvalue weighted by atomic mass is 16.3. The summed E-state index contributed by atoms with van der Waals surface area (Å²) in [5.41, 5.74) is -0.0517. The van der Waals surface area contributed by atoms with E-state index in [0.717, 1.165) is 25.2 Å². The first-order valence-corrected chi connectivity index (χ1v) is 9.56. The van der Waals surface area contributed by atoms with E-state index in [2.05, 4.69) is 20.4 Å². The Balaban J connectivity index is 3.78. The summed E-state index contributed by atoms with van der Waals surface area (Å²) in [6, 6.07) is 0. The third-order valence-corrected chi connectivity index (χ3v) is 4.31. The molecule has 0 saturated carbocycles. The number of allylic oxidation sites excluding steroid dienone is 2. The maximum absolute atomic E-state index is 12.0. The van der Waals surface area contributed by atoms with Crippen LogP contribution in [-0.2, 0) is 4.79 Å². The van der Waals surface area contributed by atoms with E-state index < -0.39 is 11.5 Å².